The standard InChI is InChI=1S/C16H19N3O/c1-12(19-11-5-10-17-19)16(20)18-15-9-4-7-13-6-2-3-8-14(13)15/h2-3,5-6,8,10-12,15H,4,7,9H2,1H3,(H,18,20). The smallest absolute Gasteiger partial charge is 0.245 e. The van der Waals surface area contributed by atoms with Crippen LogP contribution in [0.15, 0.2) is 42.7 Å². The normalized spacial score (nSPS) is 19.1. The average Bonchev–Trinajstić information content (AvgIpc) is 3.01. The summed E-state index contributed by atoms with van der Waals surface area (Å²) in [6.45, 7) is 1.87. The van der Waals surface area contributed by atoms with E-state index in [9.17, 15) is 4.79 Å². The second-order valence-electron chi connectivity index (χ2n) is 5.31. The number of benzene rings is 1. The first-order valence-electron chi connectivity index (χ1n) is 7.13. The van der Waals surface area contributed by atoms with Gasteiger partial charge in [-0.15, -0.1) is 0 Å². The van der Waals surface area contributed by atoms with Crippen molar-refractivity contribution >= 4 is 5.91 Å². The lowest BCUT2D eigenvalue weighted by Gasteiger charge is -2.27. The topological polar surface area (TPSA) is 46.9 Å². The Kier molecular flexibility index (Phi) is 3.54. The molecular formula is C16H19N3O. The Balaban J connectivity index is 1.74. The summed E-state index contributed by atoms with van der Waals surface area (Å²) in [6.07, 6.45) is 6.75. The van der Waals surface area contributed by atoms with Crippen molar-refractivity contribution in [1.82, 2.24) is 15.1 Å². The molecule has 1 aliphatic carbocycles. The van der Waals surface area contributed by atoms with E-state index in [1.165, 1.54) is 11.1 Å². The molecule has 2 unspecified atom stereocenters. The van der Waals surface area contributed by atoms with Crippen molar-refractivity contribution in [3.63, 3.8) is 0 Å². The van der Waals surface area contributed by atoms with Gasteiger partial charge in [-0.05, 0) is 43.4 Å². The van der Waals surface area contributed by atoms with Crippen molar-refractivity contribution in [2.24, 2.45) is 0 Å². The Hall–Kier alpha value is -2.10. The maximum absolute atomic E-state index is 12.3. The van der Waals surface area contributed by atoms with Crippen LogP contribution >= 0.6 is 0 Å². The van der Waals surface area contributed by atoms with E-state index >= 15 is 0 Å². The molecule has 0 spiro atoms. The number of amides is 1. The van der Waals surface area contributed by atoms with Crippen LogP contribution in [0.4, 0.5) is 0 Å². The highest BCUT2D eigenvalue weighted by molar-refractivity contribution is 5.80. The summed E-state index contributed by atoms with van der Waals surface area (Å²) in [6, 6.07) is 10.1. The number of carbonyl (C=O) groups is 1. The Morgan fingerprint density at radius 2 is 2.25 bits per heavy atom. The fourth-order valence-electron chi connectivity index (χ4n) is 2.83. The first-order valence-corrected chi connectivity index (χ1v) is 7.13. The average molecular weight is 269 g/mol. The van der Waals surface area contributed by atoms with E-state index in [1.54, 1.807) is 10.9 Å². The number of hydrogen-bond donors (Lipinski definition) is 1. The van der Waals surface area contributed by atoms with Gasteiger partial charge in [0.15, 0.2) is 0 Å². The third kappa shape index (κ3) is 2.46. The van der Waals surface area contributed by atoms with Crippen LogP contribution in [0.5, 0.6) is 0 Å². The van der Waals surface area contributed by atoms with Gasteiger partial charge in [-0.3, -0.25) is 9.48 Å². The van der Waals surface area contributed by atoms with E-state index in [2.05, 4.69) is 28.6 Å². The van der Waals surface area contributed by atoms with Crippen molar-refractivity contribution < 1.29 is 4.79 Å². The molecule has 3 rings (SSSR count). The van der Waals surface area contributed by atoms with Crippen LogP contribution in [0.25, 0.3) is 0 Å². The summed E-state index contributed by atoms with van der Waals surface area (Å²) < 4.78 is 1.68. The largest absolute Gasteiger partial charge is 0.347 e. The Morgan fingerprint density at radius 1 is 1.40 bits per heavy atom. The van der Waals surface area contributed by atoms with Gasteiger partial charge in [-0.25, -0.2) is 0 Å². The zero-order valence-corrected chi connectivity index (χ0v) is 11.6. The highest BCUT2D eigenvalue weighted by atomic mass is 16.2. The molecule has 1 aromatic heterocycles. The molecule has 0 saturated carbocycles. The molecule has 1 aromatic carbocycles. The van der Waals surface area contributed by atoms with Gasteiger partial charge in [0, 0.05) is 12.4 Å². The van der Waals surface area contributed by atoms with Gasteiger partial charge in [0.1, 0.15) is 6.04 Å². The van der Waals surface area contributed by atoms with Crippen molar-refractivity contribution in [3.05, 3.63) is 53.9 Å². The lowest BCUT2D eigenvalue weighted by Crippen LogP contribution is -2.35. The van der Waals surface area contributed by atoms with E-state index in [4.69, 9.17) is 0 Å². The molecule has 1 amide bonds. The molecule has 2 aromatic rings. The number of hydrogen-bond acceptors (Lipinski definition) is 2. The maximum atomic E-state index is 12.3. The lowest BCUT2D eigenvalue weighted by molar-refractivity contribution is -0.125. The van der Waals surface area contributed by atoms with Crippen LogP contribution in [-0.2, 0) is 11.2 Å². The molecule has 20 heavy (non-hydrogen) atoms. The number of nitrogens with one attached hydrogen (secondary N) is 1. The number of aromatic nitrogens is 2. The van der Waals surface area contributed by atoms with E-state index in [0.29, 0.717) is 0 Å². The van der Waals surface area contributed by atoms with Crippen molar-refractivity contribution in [2.45, 2.75) is 38.3 Å². The van der Waals surface area contributed by atoms with Gasteiger partial charge < -0.3 is 5.32 Å². The molecule has 0 fully saturated rings. The number of carbonyl (C=O) groups excluding carboxylic acids is 1. The van der Waals surface area contributed by atoms with Crippen molar-refractivity contribution in [2.75, 3.05) is 0 Å². The van der Waals surface area contributed by atoms with Crippen LogP contribution in [-0.4, -0.2) is 15.7 Å². The second-order valence-corrected chi connectivity index (χ2v) is 5.31. The summed E-state index contributed by atoms with van der Waals surface area (Å²) in [5.74, 6) is 0.0235. The number of aryl methyl sites for hydroxylation is 1. The minimum Gasteiger partial charge on any atom is -0.347 e. The van der Waals surface area contributed by atoms with Crippen LogP contribution in [0.3, 0.4) is 0 Å². The van der Waals surface area contributed by atoms with Crippen LogP contribution in [0, 0.1) is 0 Å². The third-order valence-corrected chi connectivity index (χ3v) is 3.99. The molecule has 4 heteroatoms. The highest BCUT2D eigenvalue weighted by Crippen LogP contribution is 2.29. The first-order chi connectivity index (χ1) is 9.75. The summed E-state index contributed by atoms with van der Waals surface area (Å²) in [5.41, 5.74) is 2.62. The molecule has 0 aliphatic heterocycles. The predicted molar refractivity (Wildman–Crippen MR) is 77.2 cm³/mol. The maximum Gasteiger partial charge on any atom is 0.245 e. The third-order valence-electron chi connectivity index (χ3n) is 3.99. The second kappa shape index (κ2) is 5.49. The number of rotatable bonds is 3. The van der Waals surface area contributed by atoms with E-state index < -0.39 is 0 Å². The Labute approximate surface area is 118 Å². The number of fused-ring (bicyclic) bond motifs is 1. The van der Waals surface area contributed by atoms with E-state index in [0.717, 1.165) is 19.3 Å². The fourth-order valence-corrected chi connectivity index (χ4v) is 2.83. The van der Waals surface area contributed by atoms with Crippen molar-refractivity contribution in [1.29, 1.82) is 0 Å². The van der Waals surface area contributed by atoms with Gasteiger partial charge in [0.05, 0.1) is 6.04 Å². The van der Waals surface area contributed by atoms with Gasteiger partial charge >= 0.3 is 0 Å². The molecule has 0 saturated heterocycles. The zero-order chi connectivity index (χ0) is 13.9. The highest BCUT2D eigenvalue weighted by Gasteiger charge is 2.24. The molecule has 0 bridgehead atoms. The summed E-state index contributed by atoms with van der Waals surface area (Å²) in [7, 11) is 0. The minimum atomic E-state index is -0.279. The van der Waals surface area contributed by atoms with E-state index in [-0.39, 0.29) is 18.0 Å². The fraction of sp³-hybridized carbons (Fsp3) is 0.375. The van der Waals surface area contributed by atoms with Crippen LogP contribution < -0.4 is 5.32 Å². The van der Waals surface area contributed by atoms with E-state index in [1.807, 2.05) is 25.3 Å². The molecule has 2 atom stereocenters. The molecule has 1 N–H and O–H groups in total. The predicted octanol–water partition coefficient (Wildman–Crippen LogP) is 2.64. The van der Waals surface area contributed by atoms with Gasteiger partial charge in [0.25, 0.3) is 0 Å². The molecule has 0 radical (unpaired) electrons. The SMILES string of the molecule is CC(C(=O)NC1CCCc2ccccc21)n1cccn1. The van der Waals surface area contributed by atoms with Gasteiger partial charge in [0.2, 0.25) is 5.91 Å². The Morgan fingerprint density at radius 3 is 3.05 bits per heavy atom. The molecular weight excluding hydrogens is 250 g/mol. The summed E-state index contributed by atoms with van der Waals surface area (Å²) in [5, 5.41) is 7.29. The minimum absolute atomic E-state index is 0.0235. The lowest BCUT2D eigenvalue weighted by atomic mass is 9.87. The van der Waals surface area contributed by atoms with Crippen molar-refractivity contribution in [3.8, 4) is 0 Å². The number of nitrogens with zero attached hydrogens (tertiary/aromatic N) is 2. The summed E-state index contributed by atoms with van der Waals surface area (Å²) in [4.78, 5) is 12.3. The van der Waals surface area contributed by atoms with Crippen LogP contribution in [0.1, 0.15) is 43.0 Å². The molecule has 104 valence electrons. The van der Waals surface area contributed by atoms with Gasteiger partial charge in [-0.2, -0.15) is 5.10 Å². The Bertz CT molecular complexity index is 592. The van der Waals surface area contributed by atoms with Crippen LogP contribution in [0.2, 0.25) is 0 Å². The monoisotopic (exact) mass is 269 g/mol. The molecule has 4 nitrogen and oxygen atoms in total. The first kappa shape index (κ1) is 12.9. The molecule has 1 heterocycles. The van der Waals surface area contributed by atoms with Gasteiger partial charge in [-0.1, -0.05) is 24.3 Å². The zero-order valence-electron chi connectivity index (χ0n) is 11.6. The summed E-state index contributed by atoms with van der Waals surface area (Å²) >= 11 is 0. The quantitative estimate of drug-likeness (QED) is 0.931. The molecule has 1 aliphatic rings.